The number of aliphatic hydroxyl groups excluding tert-OH is 1. The molecule has 0 fully saturated rings. The largest absolute Gasteiger partial charge is 0.387 e. The Hall–Kier alpha value is -2.28. The first-order valence-electron chi connectivity index (χ1n) is 6.72. The van der Waals surface area contributed by atoms with Crippen molar-refractivity contribution in [3.8, 4) is 0 Å². The highest BCUT2D eigenvalue weighted by Crippen LogP contribution is 2.12. The zero-order valence-corrected chi connectivity index (χ0v) is 11.7. The van der Waals surface area contributed by atoms with E-state index < -0.39 is 11.9 Å². The fraction of sp³-hybridized carbons (Fsp3) is 0.357. The molecule has 1 unspecified atom stereocenters. The minimum Gasteiger partial charge on any atom is -0.387 e. The highest BCUT2D eigenvalue weighted by Gasteiger charge is 2.10. The van der Waals surface area contributed by atoms with Crippen LogP contribution in [-0.4, -0.2) is 26.0 Å². The van der Waals surface area contributed by atoms with Crippen molar-refractivity contribution in [2.75, 3.05) is 5.32 Å². The van der Waals surface area contributed by atoms with E-state index in [0.717, 1.165) is 0 Å². The van der Waals surface area contributed by atoms with Gasteiger partial charge in [0.2, 0.25) is 5.91 Å². The van der Waals surface area contributed by atoms with Crippen LogP contribution in [0.4, 0.5) is 10.1 Å². The number of carbonyl (C=O) groups excluding carboxylic acids is 1. The molecule has 1 aromatic heterocycles. The standard InChI is InChI=1S/C14H17FN4O2/c1-2-13(20)12-9-19(18-17-12)7-6-14(21)16-11-5-3-4-10(15)8-11/h3-5,8-9,13,20H,2,6-7H2,1H3,(H,16,21). The summed E-state index contributed by atoms with van der Waals surface area (Å²) in [6.45, 7) is 2.18. The maximum absolute atomic E-state index is 13.0. The lowest BCUT2D eigenvalue weighted by Crippen LogP contribution is -2.14. The number of amides is 1. The summed E-state index contributed by atoms with van der Waals surface area (Å²) in [6.07, 6.45) is 1.71. The second-order valence-electron chi connectivity index (χ2n) is 4.64. The number of benzene rings is 1. The maximum atomic E-state index is 13.0. The zero-order valence-electron chi connectivity index (χ0n) is 11.7. The van der Waals surface area contributed by atoms with Gasteiger partial charge in [0, 0.05) is 12.1 Å². The van der Waals surface area contributed by atoms with Crippen LogP contribution in [0.25, 0.3) is 0 Å². The van der Waals surface area contributed by atoms with E-state index in [0.29, 0.717) is 24.3 Å². The van der Waals surface area contributed by atoms with Gasteiger partial charge < -0.3 is 10.4 Å². The van der Waals surface area contributed by atoms with E-state index in [1.54, 1.807) is 12.3 Å². The lowest BCUT2D eigenvalue weighted by atomic mass is 10.2. The van der Waals surface area contributed by atoms with E-state index >= 15 is 0 Å². The molecule has 1 amide bonds. The molecule has 1 atom stereocenters. The molecule has 0 radical (unpaired) electrons. The smallest absolute Gasteiger partial charge is 0.226 e. The van der Waals surface area contributed by atoms with Gasteiger partial charge in [-0.1, -0.05) is 18.2 Å². The van der Waals surface area contributed by atoms with Crippen molar-refractivity contribution in [3.63, 3.8) is 0 Å². The Bertz CT molecular complexity index is 615. The number of anilines is 1. The topological polar surface area (TPSA) is 80.0 Å². The van der Waals surface area contributed by atoms with Crippen LogP contribution in [0.5, 0.6) is 0 Å². The second-order valence-corrected chi connectivity index (χ2v) is 4.64. The number of halogens is 1. The van der Waals surface area contributed by atoms with Crippen LogP contribution >= 0.6 is 0 Å². The summed E-state index contributed by atoms with van der Waals surface area (Å²) in [4.78, 5) is 11.7. The number of carbonyl (C=O) groups is 1. The Balaban J connectivity index is 1.85. The Kier molecular flexibility index (Phi) is 4.99. The summed E-state index contributed by atoms with van der Waals surface area (Å²) in [5.41, 5.74) is 0.906. The highest BCUT2D eigenvalue weighted by molar-refractivity contribution is 5.90. The predicted octanol–water partition coefficient (Wildman–Crippen LogP) is 1.89. The van der Waals surface area contributed by atoms with Crippen LogP contribution in [-0.2, 0) is 11.3 Å². The third kappa shape index (κ3) is 4.35. The van der Waals surface area contributed by atoms with Crippen LogP contribution in [0.15, 0.2) is 30.5 Å². The molecule has 2 aromatic rings. The van der Waals surface area contributed by atoms with Crippen LogP contribution in [0.1, 0.15) is 31.6 Å². The van der Waals surface area contributed by atoms with Gasteiger partial charge in [0.05, 0.1) is 18.8 Å². The normalized spacial score (nSPS) is 12.1. The summed E-state index contributed by atoms with van der Waals surface area (Å²) >= 11 is 0. The molecular weight excluding hydrogens is 275 g/mol. The number of aromatic nitrogens is 3. The minimum atomic E-state index is -0.639. The van der Waals surface area contributed by atoms with Gasteiger partial charge in [-0.25, -0.2) is 4.39 Å². The monoisotopic (exact) mass is 292 g/mol. The number of hydrogen-bond donors (Lipinski definition) is 2. The van der Waals surface area contributed by atoms with E-state index in [4.69, 9.17) is 0 Å². The molecule has 0 bridgehead atoms. The van der Waals surface area contributed by atoms with Gasteiger partial charge in [-0.15, -0.1) is 5.10 Å². The molecule has 1 aromatic carbocycles. The summed E-state index contributed by atoms with van der Waals surface area (Å²) in [5, 5.41) is 19.9. The Labute approximate surface area is 121 Å². The van der Waals surface area contributed by atoms with Gasteiger partial charge in [0.25, 0.3) is 0 Å². The van der Waals surface area contributed by atoms with Gasteiger partial charge in [0.15, 0.2) is 0 Å². The fourth-order valence-corrected chi connectivity index (χ4v) is 1.79. The average molecular weight is 292 g/mol. The van der Waals surface area contributed by atoms with Crippen LogP contribution < -0.4 is 5.32 Å². The van der Waals surface area contributed by atoms with E-state index in [2.05, 4.69) is 15.6 Å². The highest BCUT2D eigenvalue weighted by atomic mass is 19.1. The van der Waals surface area contributed by atoms with Gasteiger partial charge in [0.1, 0.15) is 11.5 Å². The average Bonchev–Trinajstić information content (AvgIpc) is 2.93. The summed E-state index contributed by atoms with van der Waals surface area (Å²) in [7, 11) is 0. The Morgan fingerprint density at radius 2 is 2.33 bits per heavy atom. The minimum absolute atomic E-state index is 0.182. The van der Waals surface area contributed by atoms with Gasteiger partial charge in [-0.05, 0) is 24.6 Å². The SMILES string of the molecule is CCC(O)c1cn(CCC(=O)Nc2cccc(F)c2)nn1. The molecule has 0 aliphatic carbocycles. The quantitative estimate of drug-likeness (QED) is 0.852. The number of aryl methyl sites for hydroxylation is 1. The number of hydrogen-bond acceptors (Lipinski definition) is 4. The third-order valence-electron chi connectivity index (χ3n) is 2.96. The van der Waals surface area contributed by atoms with Gasteiger partial charge in [-0.3, -0.25) is 9.48 Å². The fourth-order valence-electron chi connectivity index (χ4n) is 1.79. The molecule has 7 heteroatoms. The molecule has 0 saturated heterocycles. The molecule has 0 aliphatic rings. The summed E-state index contributed by atoms with van der Waals surface area (Å²) < 4.78 is 14.5. The second kappa shape index (κ2) is 6.94. The van der Waals surface area contributed by atoms with Gasteiger partial charge >= 0.3 is 0 Å². The first-order valence-corrected chi connectivity index (χ1v) is 6.72. The molecule has 2 rings (SSSR count). The van der Waals surface area contributed by atoms with Gasteiger partial charge in [-0.2, -0.15) is 0 Å². The van der Waals surface area contributed by atoms with E-state index in [-0.39, 0.29) is 12.3 Å². The Morgan fingerprint density at radius 1 is 1.52 bits per heavy atom. The maximum Gasteiger partial charge on any atom is 0.226 e. The first-order chi connectivity index (χ1) is 10.1. The molecule has 2 N–H and O–H groups in total. The van der Waals surface area contributed by atoms with Crippen molar-refractivity contribution >= 4 is 11.6 Å². The molecule has 0 saturated carbocycles. The van der Waals surface area contributed by atoms with Crippen molar-refractivity contribution in [1.29, 1.82) is 0 Å². The summed E-state index contributed by atoms with van der Waals surface area (Å²) in [5.74, 6) is -0.643. The molecular formula is C14H17FN4O2. The lowest BCUT2D eigenvalue weighted by molar-refractivity contribution is -0.116. The van der Waals surface area contributed by atoms with Crippen LogP contribution in [0.3, 0.4) is 0 Å². The van der Waals surface area contributed by atoms with Crippen molar-refractivity contribution in [2.45, 2.75) is 32.4 Å². The molecule has 1 heterocycles. The van der Waals surface area contributed by atoms with E-state index in [1.807, 2.05) is 6.92 Å². The zero-order chi connectivity index (χ0) is 15.2. The molecule has 0 aliphatic heterocycles. The number of nitrogens with zero attached hydrogens (tertiary/aromatic N) is 3. The Morgan fingerprint density at radius 3 is 3.05 bits per heavy atom. The lowest BCUT2D eigenvalue weighted by Gasteiger charge is -2.05. The van der Waals surface area contributed by atoms with Crippen molar-refractivity contribution in [1.82, 2.24) is 15.0 Å². The molecule has 0 spiro atoms. The molecule has 6 nitrogen and oxygen atoms in total. The summed E-state index contributed by atoms with van der Waals surface area (Å²) in [6, 6.07) is 5.71. The van der Waals surface area contributed by atoms with Crippen molar-refractivity contribution in [2.24, 2.45) is 0 Å². The van der Waals surface area contributed by atoms with E-state index in [9.17, 15) is 14.3 Å². The third-order valence-corrected chi connectivity index (χ3v) is 2.96. The van der Waals surface area contributed by atoms with Crippen molar-refractivity contribution in [3.05, 3.63) is 42.0 Å². The molecule has 21 heavy (non-hydrogen) atoms. The number of aliphatic hydroxyl groups is 1. The first kappa shape index (κ1) is 15.1. The molecule has 112 valence electrons. The van der Waals surface area contributed by atoms with Crippen molar-refractivity contribution < 1.29 is 14.3 Å². The number of nitrogens with one attached hydrogen (secondary N) is 1. The van der Waals surface area contributed by atoms with Crippen LogP contribution in [0.2, 0.25) is 0 Å². The van der Waals surface area contributed by atoms with Crippen LogP contribution in [0, 0.1) is 5.82 Å². The van der Waals surface area contributed by atoms with E-state index in [1.165, 1.54) is 22.9 Å². The predicted molar refractivity (Wildman–Crippen MR) is 74.9 cm³/mol. The number of rotatable bonds is 6.